The molecular weight excluding hydrogens is 214 g/mol. The van der Waals surface area contributed by atoms with Crippen LogP contribution in [0, 0.1) is 0 Å². The van der Waals surface area contributed by atoms with E-state index in [9.17, 15) is 0 Å². The molecule has 0 aromatic heterocycles. The normalized spacial score (nSPS) is 19.1. The van der Waals surface area contributed by atoms with Gasteiger partial charge in [0.25, 0.3) is 0 Å². The van der Waals surface area contributed by atoms with E-state index in [1.807, 2.05) is 7.05 Å². The zero-order valence-corrected chi connectivity index (χ0v) is 11.7. The maximum Gasteiger partial charge on any atom is 0.0589 e. The topological polar surface area (TPSA) is 27.7 Å². The lowest BCUT2D eigenvalue weighted by Gasteiger charge is -2.38. The van der Waals surface area contributed by atoms with Gasteiger partial charge in [0.2, 0.25) is 0 Å². The van der Waals surface area contributed by atoms with Gasteiger partial charge in [0, 0.05) is 32.8 Å². The van der Waals surface area contributed by atoms with Crippen molar-refractivity contribution < 1.29 is 4.74 Å². The average molecular weight is 243 g/mol. The third kappa shape index (κ3) is 5.34. The third-order valence-electron chi connectivity index (χ3n) is 3.74. The summed E-state index contributed by atoms with van der Waals surface area (Å²) in [5, 5.41) is 3.24. The molecule has 1 aliphatic heterocycles. The van der Waals surface area contributed by atoms with Gasteiger partial charge in [0.05, 0.1) is 6.61 Å². The van der Waals surface area contributed by atoms with Crippen LogP contribution in [0.15, 0.2) is 0 Å². The maximum absolute atomic E-state index is 5.13. The van der Waals surface area contributed by atoms with Crippen molar-refractivity contribution >= 4 is 0 Å². The van der Waals surface area contributed by atoms with Crippen LogP contribution in [-0.2, 0) is 4.74 Å². The van der Waals surface area contributed by atoms with Gasteiger partial charge in [-0.1, -0.05) is 6.92 Å². The molecule has 0 amide bonds. The molecule has 17 heavy (non-hydrogen) atoms. The molecule has 1 rings (SSSR count). The summed E-state index contributed by atoms with van der Waals surface area (Å²) in [6.07, 6.45) is 2.61. The van der Waals surface area contributed by atoms with E-state index in [1.54, 1.807) is 7.11 Å². The second kappa shape index (κ2) is 8.86. The first kappa shape index (κ1) is 14.9. The highest BCUT2D eigenvalue weighted by molar-refractivity contribution is 4.79. The van der Waals surface area contributed by atoms with Crippen molar-refractivity contribution in [3.63, 3.8) is 0 Å². The van der Waals surface area contributed by atoms with Gasteiger partial charge in [-0.2, -0.15) is 0 Å². The zero-order valence-electron chi connectivity index (χ0n) is 11.7. The van der Waals surface area contributed by atoms with Gasteiger partial charge in [-0.15, -0.1) is 0 Å². The fourth-order valence-corrected chi connectivity index (χ4v) is 2.58. The molecule has 0 atom stereocenters. The van der Waals surface area contributed by atoms with Crippen molar-refractivity contribution in [1.29, 1.82) is 0 Å². The number of nitrogens with zero attached hydrogens (tertiary/aromatic N) is 2. The highest BCUT2D eigenvalue weighted by atomic mass is 16.5. The summed E-state index contributed by atoms with van der Waals surface area (Å²) >= 11 is 0. The summed E-state index contributed by atoms with van der Waals surface area (Å²) in [4.78, 5) is 5.13. The molecule has 0 aromatic rings. The van der Waals surface area contributed by atoms with Gasteiger partial charge >= 0.3 is 0 Å². The van der Waals surface area contributed by atoms with Gasteiger partial charge in [0.1, 0.15) is 0 Å². The van der Waals surface area contributed by atoms with E-state index in [1.165, 1.54) is 39.0 Å². The van der Waals surface area contributed by atoms with Crippen LogP contribution < -0.4 is 5.32 Å². The Kier molecular flexibility index (Phi) is 7.77. The molecule has 0 aromatic carbocycles. The number of ether oxygens (including phenoxy) is 1. The fraction of sp³-hybridized carbons (Fsp3) is 1.00. The van der Waals surface area contributed by atoms with E-state index < -0.39 is 0 Å². The summed E-state index contributed by atoms with van der Waals surface area (Å²) in [7, 11) is 3.81. The van der Waals surface area contributed by atoms with E-state index in [4.69, 9.17) is 4.74 Å². The first-order valence-corrected chi connectivity index (χ1v) is 6.91. The molecule has 1 saturated heterocycles. The van der Waals surface area contributed by atoms with Crippen LogP contribution in [0.3, 0.4) is 0 Å². The summed E-state index contributed by atoms with van der Waals surface area (Å²) in [5.74, 6) is 0. The average Bonchev–Trinajstić information content (AvgIpc) is 2.38. The van der Waals surface area contributed by atoms with Crippen LogP contribution >= 0.6 is 0 Å². The minimum atomic E-state index is 0.784. The Morgan fingerprint density at radius 1 is 1.35 bits per heavy atom. The number of likely N-dealkylation sites (N-methyl/N-ethyl adjacent to an activating group) is 2. The second-order valence-corrected chi connectivity index (χ2v) is 4.80. The predicted octanol–water partition coefficient (Wildman–Crippen LogP) is 0.639. The molecule has 0 unspecified atom stereocenters. The Hall–Kier alpha value is -0.160. The van der Waals surface area contributed by atoms with E-state index in [-0.39, 0.29) is 0 Å². The lowest BCUT2D eigenvalue weighted by molar-refractivity contribution is 0.0893. The number of nitrogens with one attached hydrogen (secondary N) is 1. The van der Waals surface area contributed by atoms with Gasteiger partial charge in [-0.25, -0.2) is 0 Å². The third-order valence-corrected chi connectivity index (χ3v) is 3.74. The van der Waals surface area contributed by atoms with E-state index in [2.05, 4.69) is 22.0 Å². The Labute approximate surface area is 106 Å². The van der Waals surface area contributed by atoms with Crippen molar-refractivity contribution in [1.82, 2.24) is 15.1 Å². The molecule has 102 valence electrons. The van der Waals surface area contributed by atoms with Gasteiger partial charge in [-0.05, 0) is 39.5 Å². The van der Waals surface area contributed by atoms with E-state index in [0.717, 1.165) is 25.7 Å². The summed E-state index contributed by atoms with van der Waals surface area (Å²) < 4.78 is 5.13. The number of likely N-dealkylation sites (tertiary alicyclic amines) is 1. The van der Waals surface area contributed by atoms with E-state index in [0.29, 0.717) is 0 Å². The van der Waals surface area contributed by atoms with Crippen LogP contribution in [0.1, 0.15) is 19.8 Å². The number of hydrogen-bond donors (Lipinski definition) is 1. The maximum atomic E-state index is 5.13. The minimum absolute atomic E-state index is 0.784. The van der Waals surface area contributed by atoms with Crippen molar-refractivity contribution in [2.75, 3.05) is 60.0 Å². The van der Waals surface area contributed by atoms with Crippen LogP contribution in [-0.4, -0.2) is 75.9 Å². The highest BCUT2D eigenvalue weighted by Gasteiger charge is 2.22. The predicted molar refractivity (Wildman–Crippen MR) is 72.5 cm³/mol. The van der Waals surface area contributed by atoms with Crippen molar-refractivity contribution in [2.45, 2.75) is 25.8 Å². The Morgan fingerprint density at radius 3 is 2.59 bits per heavy atom. The summed E-state index contributed by atoms with van der Waals surface area (Å²) in [5.41, 5.74) is 0. The molecule has 0 saturated carbocycles. The molecule has 1 fully saturated rings. The Balaban J connectivity index is 2.24. The van der Waals surface area contributed by atoms with Gasteiger partial charge in [-0.3, -0.25) is 4.90 Å². The van der Waals surface area contributed by atoms with Crippen LogP contribution in [0.25, 0.3) is 0 Å². The SMILES string of the molecule is CCN(CCNC)C1CCN(CCOC)CC1. The summed E-state index contributed by atoms with van der Waals surface area (Å²) in [6.45, 7) is 10.1. The van der Waals surface area contributed by atoms with Crippen LogP contribution in [0.4, 0.5) is 0 Å². The monoisotopic (exact) mass is 243 g/mol. The smallest absolute Gasteiger partial charge is 0.0589 e. The van der Waals surface area contributed by atoms with Crippen molar-refractivity contribution in [3.8, 4) is 0 Å². The lowest BCUT2D eigenvalue weighted by Crippen LogP contribution is -2.47. The first-order chi connectivity index (χ1) is 8.31. The molecule has 0 bridgehead atoms. The zero-order chi connectivity index (χ0) is 12.5. The largest absolute Gasteiger partial charge is 0.383 e. The number of rotatable bonds is 8. The molecule has 4 nitrogen and oxygen atoms in total. The first-order valence-electron chi connectivity index (χ1n) is 6.91. The standard InChI is InChI=1S/C13H29N3O/c1-4-16(10-7-14-2)13-5-8-15(9-6-13)11-12-17-3/h13-14H,4-12H2,1-3H3. The van der Waals surface area contributed by atoms with Crippen LogP contribution in [0.5, 0.6) is 0 Å². The lowest BCUT2D eigenvalue weighted by atomic mass is 10.0. The van der Waals surface area contributed by atoms with Crippen molar-refractivity contribution in [3.05, 3.63) is 0 Å². The number of piperidine rings is 1. The highest BCUT2D eigenvalue weighted by Crippen LogP contribution is 2.15. The molecule has 1 aliphatic rings. The van der Waals surface area contributed by atoms with E-state index >= 15 is 0 Å². The number of methoxy groups -OCH3 is 1. The number of hydrogen-bond acceptors (Lipinski definition) is 4. The Bertz CT molecular complexity index is 182. The quantitative estimate of drug-likeness (QED) is 0.677. The fourth-order valence-electron chi connectivity index (χ4n) is 2.58. The van der Waals surface area contributed by atoms with Crippen LogP contribution in [0.2, 0.25) is 0 Å². The molecule has 0 aliphatic carbocycles. The van der Waals surface area contributed by atoms with Gasteiger partial charge in [0.15, 0.2) is 0 Å². The second-order valence-electron chi connectivity index (χ2n) is 4.80. The van der Waals surface area contributed by atoms with Gasteiger partial charge < -0.3 is 15.0 Å². The van der Waals surface area contributed by atoms with Crippen molar-refractivity contribution in [2.24, 2.45) is 0 Å². The molecule has 0 spiro atoms. The summed E-state index contributed by atoms with van der Waals surface area (Å²) in [6, 6.07) is 0.784. The molecule has 1 N–H and O–H groups in total. The Morgan fingerprint density at radius 2 is 2.06 bits per heavy atom. The molecular formula is C13H29N3O. The minimum Gasteiger partial charge on any atom is -0.383 e. The molecule has 4 heteroatoms. The molecule has 0 radical (unpaired) electrons. The molecule has 1 heterocycles.